The van der Waals surface area contributed by atoms with Crippen molar-refractivity contribution in [1.82, 2.24) is 9.88 Å². The molecule has 4 nitrogen and oxygen atoms in total. The van der Waals surface area contributed by atoms with Gasteiger partial charge in [0.2, 0.25) is 0 Å². The number of fused-ring (bicyclic) bond motifs is 1. The Kier molecular flexibility index (Phi) is 3.02. The minimum absolute atomic E-state index is 0.138. The standard InChI is InChI=1S/C10H14N2O2S/c1-2-9-11-7-3-4-12(6-10(13)14)5-8(7)15-9/h2-6H2,1H3,(H,13,14). The third-order valence-corrected chi connectivity index (χ3v) is 3.74. The number of aromatic nitrogens is 1. The fraction of sp³-hybridized carbons (Fsp3) is 0.600. The molecule has 0 aromatic carbocycles. The second kappa shape index (κ2) is 4.28. The Balaban J connectivity index is 2.08. The van der Waals surface area contributed by atoms with Crippen LogP contribution in [0.15, 0.2) is 0 Å². The van der Waals surface area contributed by atoms with Crippen molar-refractivity contribution in [3.63, 3.8) is 0 Å². The number of carbonyl (C=O) groups is 1. The van der Waals surface area contributed by atoms with Gasteiger partial charge in [0, 0.05) is 24.4 Å². The third-order valence-electron chi connectivity index (χ3n) is 2.52. The van der Waals surface area contributed by atoms with Crippen molar-refractivity contribution in [2.24, 2.45) is 0 Å². The van der Waals surface area contributed by atoms with E-state index in [1.54, 1.807) is 11.3 Å². The lowest BCUT2D eigenvalue weighted by Crippen LogP contribution is -2.34. The smallest absolute Gasteiger partial charge is 0.317 e. The van der Waals surface area contributed by atoms with Gasteiger partial charge in [-0.3, -0.25) is 9.69 Å². The van der Waals surface area contributed by atoms with Crippen molar-refractivity contribution >= 4 is 17.3 Å². The first-order chi connectivity index (χ1) is 7.19. The molecule has 0 spiro atoms. The van der Waals surface area contributed by atoms with E-state index in [2.05, 4.69) is 11.9 Å². The van der Waals surface area contributed by atoms with Crippen molar-refractivity contribution in [2.45, 2.75) is 26.3 Å². The van der Waals surface area contributed by atoms with Crippen molar-refractivity contribution in [1.29, 1.82) is 0 Å². The van der Waals surface area contributed by atoms with Crippen LogP contribution in [0.1, 0.15) is 22.5 Å². The zero-order chi connectivity index (χ0) is 10.8. The largest absolute Gasteiger partial charge is 0.480 e. The molecule has 1 aliphatic rings. The number of hydrogen-bond donors (Lipinski definition) is 1. The Morgan fingerprint density at radius 1 is 1.67 bits per heavy atom. The first-order valence-electron chi connectivity index (χ1n) is 5.10. The molecule has 5 heteroatoms. The number of carboxylic acid groups (broad SMARTS) is 1. The van der Waals surface area contributed by atoms with E-state index < -0.39 is 5.97 Å². The minimum atomic E-state index is -0.751. The maximum absolute atomic E-state index is 10.6. The maximum atomic E-state index is 10.6. The van der Waals surface area contributed by atoms with Crippen LogP contribution in [-0.2, 0) is 24.2 Å². The molecule has 0 atom stereocenters. The molecule has 2 heterocycles. The van der Waals surface area contributed by atoms with Crippen LogP contribution < -0.4 is 0 Å². The zero-order valence-electron chi connectivity index (χ0n) is 8.69. The van der Waals surface area contributed by atoms with Crippen LogP contribution in [-0.4, -0.2) is 34.0 Å². The highest BCUT2D eigenvalue weighted by Gasteiger charge is 2.21. The fourth-order valence-electron chi connectivity index (χ4n) is 1.78. The Bertz CT molecular complexity index is 375. The Morgan fingerprint density at radius 3 is 3.13 bits per heavy atom. The van der Waals surface area contributed by atoms with E-state index in [-0.39, 0.29) is 6.54 Å². The first kappa shape index (κ1) is 10.6. The predicted molar refractivity (Wildman–Crippen MR) is 58.1 cm³/mol. The summed E-state index contributed by atoms with van der Waals surface area (Å²) in [5, 5.41) is 9.88. The lowest BCUT2D eigenvalue weighted by molar-refractivity contribution is -0.138. The third kappa shape index (κ3) is 2.35. The van der Waals surface area contributed by atoms with Crippen LogP contribution in [0.3, 0.4) is 0 Å². The Hall–Kier alpha value is -0.940. The van der Waals surface area contributed by atoms with Gasteiger partial charge < -0.3 is 5.11 Å². The number of hydrogen-bond acceptors (Lipinski definition) is 4. The first-order valence-corrected chi connectivity index (χ1v) is 5.92. The van der Waals surface area contributed by atoms with Crippen LogP contribution >= 0.6 is 11.3 Å². The molecule has 0 amide bonds. The molecule has 0 saturated carbocycles. The molecule has 15 heavy (non-hydrogen) atoms. The summed E-state index contributed by atoms with van der Waals surface area (Å²) in [6.45, 7) is 3.80. The van der Waals surface area contributed by atoms with Crippen molar-refractivity contribution in [2.75, 3.05) is 13.1 Å². The molecule has 1 aromatic heterocycles. The average molecular weight is 226 g/mol. The number of aryl methyl sites for hydroxylation is 1. The molecule has 1 N–H and O–H groups in total. The van der Waals surface area contributed by atoms with Gasteiger partial charge in [0.15, 0.2) is 0 Å². The van der Waals surface area contributed by atoms with E-state index >= 15 is 0 Å². The van der Waals surface area contributed by atoms with Crippen LogP contribution in [0.2, 0.25) is 0 Å². The number of nitrogens with zero attached hydrogens (tertiary/aromatic N) is 2. The monoisotopic (exact) mass is 226 g/mol. The SMILES string of the molecule is CCc1nc2c(s1)CN(CC(=O)O)CC2. The van der Waals surface area contributed by atoms with Crippen LogP contribution in [0.4, 0.5) is 0 Å². The average Bonchev–Trinajstić information content (AvgIpc) is 2.58. The number of carboxylic acids is 1. The predicted octanol–water partition coefficient (Wildman–Crippen LogP) is 1.15. The molecule has 1 aliphatic heterocycles. The normalized spacial score (nSPS) is 16.3. The summed E-state index contributed by atoms with van der Waals surface area (Å²) in [5.41, 5.74) is 1.18. The highest BCUT2D eigenvalue weighted by atomic mass is 32.1. The summed E-state index contributed by atoms with van der Waals surface area (Å²) in [6, 6.07) is 0. The lowest BCUT2D eigenvalue weighted by atomic mass is 10.2. The van der Waals surface area contributed by atoms with Crippen LogP contribution in [0.5, 0.6) is 0 Å². The van der Waals surface area contributed by atoms with Gasteiger partial charge in [0.25, 0.3) is 0 Å². The van der Waals surface area contributed by atoms with Crippen molar-refractivity contribution in [3.8, 4) is 0 Å². The molecule has 0 aliphatic carbocycles. The fourth-order valence-corrected chi connectivity index (χ4v) is 2.88. The molecule has 2 rings (SSSR count). The minimum Gasteiger partial charge on any atom is -0.480 e. The van der Waals surface area contributed by atoms with Gasteiger partial charge in [-0.15, -0.1) is 11.3 Å². The van der Waals surface area contributed by atoms with Crippen molar-refractivity contribution < 1.29 is 9.90 Å². The van der Waals surface area contributed by atoms with E-state index in [4.69, 9.17) is 5.11 Å². The summed E-state index contributed by atoms with van der Waals surface area (Å²) in [6.07, 6.45) is 1.86. The van der Waals surface area contributed by atoms with Gasteiger partial charge in [-0.1, -0.05) is 6.92 Å². The van der Waals surface area contributed by atoms with Gasteiger partial charge in [0.05, 0.1) is 17.2 Å². The van der Waals surface area contributed by atoms with Crippen LogP contribution in [0, 0.1) is 0 Å². The van der Waals surface area contributed by atoms with E-state index in [0.29, 0.717) is 0 Å². The highest BCUT2D eigenvalue weighted by molar-refractivity contribution is 7.11. The maximum Gasteiger partial charge on any atom is 0.317 e. The van der Waals surface area contributed by atoms with Crippen molar-refractivity contribution in [3.05, 3.63) is 15.6 Å². The van der Waals surface area contributed by atoms with Gasteiger partial charge in [-0.25, -0.2) is 4.98 Å². The molecular weight excluding hydrogens is 212 g/mol. The second-order valence-electron chi connectivity index (χ2n) is 3.69. The lowest BCUT2D eigenvalue weighted by Gasteiger charge is -2.23. The molecule has 0 bridgehead atoms. The topological polar surface area (TPSA) is 53.4 Å². The van der Waals surface area contributed by atoms with E-state index in [0.717, 1.165) is 30.9 Å². The Labute approximate surface area is 92.6 Å². The molecule has 82 valence electrons. The second-order valence-corrected chi connectivity index (χ2v) is 4.85. The molecule has 0 unspecified atom stereocenters. The summed E-state index contributed by atoms with van der Waals surface area (Å²) >= 11 is 1.72. The summed E-state index contributed by atoms with van der Waals surface area (Å²) in [5.74, 6) is -0.751. The van der Waals surface area contributed by atoms with Gasteiger partial charge in [0.1, 0.15) is 0 Å². The highest BCUT2D eigenvalue weighted by Crippen LogP contribution is 2.25. The van der Waals surface area contributed by atoms with Crippen LogP contribution in [0.25, 0.3) is 0 Å². The van der Waals surface area contributed by atoms with Gasteiger partial charge in [-0.05, 0) is 6.42 Å². The molecular formula is C10H14N2O2S. The number of rotatable bonds is 3. The Morgan fingerprint density at radius 2 is 2.47 bits per heavy atom. The number of thiazole rings is 1. The van der Waals surface area contributed by atoms with Gasteiger partial charge >= 0.3 is 5.97 Å². The van der Waals surface area contributed by atoms with E-state index in [1.165, 1.54) is 10.6 Å². The van der Waals surface area contributed by atoms with Gasteiger partial charge in [-0.2, -0.15) is 0 Å². The quantitative estimate of drug-likeness (QED) is 0.840. The summed E-state index contributed by atoms with van der Waals surface area (Å²) in [7, 11) is 0. The molecule has 0 fully saturated rings. The number of aliphatic carboxylic acids is 1. The summed E-state index contributed by atoms with van der Waals surface area (Å²) in [4.78, 5) is 18.3. The molecule has 1 aromatic rings. The zero-order valence-corrected chi connectivity index (χ0v) is 9.51. The molecule has 0 saturated heterocycles. The summed E-state index contributed by atoms with van der Waals surface area (Å²) < 4.78 is 0. The van der Waals surface area contributed by atoms with E-state index in [9.17, 15) is 4.79 Å². The van der Waals surface area contributed by atoms with E-state index in [1.807, 2.05) is 4.90 Å². The molecule has 0 radical (unpaired) electrons.